The largest absolute Gasteiger partial charge is 0.495 e. The Morgan fingerprint density at radius 3 is 2.53 bits per heavy atom. The van der Waals surface area contributed by atoms with Crippen molar-refractivity contribution in [1.82, 2.24) is 10.4 Å². The van der Waals surface area contributed by atoms with Gasteiger partial charge in [0.15, 0.2) is 0 Å². The summed E-state index contributed by atoms with van der Waals surface area (Å²) in [4.78, 5) is 52.3. The molecule has 3 rings (SSSR count). The van der Waals surface area contributed by atoms with E-state index >= 15 is 0 Å². The van der Waals surface area contributed by atoms with Crippen LogP contribution in [0.3, 0.4) is 0 Å². The second kappa shape index (κ2) is 9.95. The molecular weight excluding hydrogens is 414 g/mol. The number of amides is 4. The molecule has 1 aliphatic rings. The van der Waals surface area contributed by atoms with Crippen LogP contribution in [0, 0.1) is 6.92 Å². The van der Waals surface area contributed by atoms with E-state index in [1.54, 1.807) is 49.4 Å². The molecule has 0 saturated carbocycles. The molecule has 0 spiro atoms. The summed E-state index contributed by atoms with van der Waals surface area (Å²) in [6.07, 6.45) is -1.25. The van der Waals surface area contributed by atoms with E-state index in [1.807, 2.05) is 13.0 Å². The number of imide groups is 1. The summed E-state index contributed by atoms with van der Waals surface area (Å²) in [5, 5.41) is 0.896. The number of carbonyl (C=O) groups is 4. The van der Waals surface area contributed by atoms with Gasteiger partial charge < -0.3 is 9.47 Å². The Labute approximate surface area is 185 Å². The van der Waals surface area contributed by atoms with Crippen LogP contribution in [0.1, 0.15) is 24.5 Å². The third kappa shape index (κ3) is 4.88. The van der Waals surface area contributed by atoms with Crippen LogP contribution in [0.5, 0.6) is 5.75 Å². The number of anilines is 1. The van der Waals surface area contributed by atoms with Gasteiger partial charge in [-0.15, -0.1) is 0 Å². The van der Waals surface area contributed by atoms with E-state index in [9.17, 15) is 19.2 Å². The molecule has 1 aliphatic heterocycles. The van der Waals surface area contributed by atoms with Crippen molar-refractivity contribution in [3.05, 3.63) is 59.7 Å². The third-order valence-electron chi connectivity index (χ3n) is 4.96. The zero-order chi connectivity index (χ0) is 23.3. The number of hydrogen-bond acceptors (Lipinski definition) is 6. The molecule has 9 heteroatoms. The van der Waals surface area contributed by atoms with Crippen LogP contribution in [0.15, 0.2) is 48.5 Å². The molecular formula is C23H25N3O6. The molecule has 0 radical (unpaired) electrons. The molecule has 1 saturated heterocycles. The maximum Gasteiger partial charge on any atom is 0.426 e. The highest BCUT2D eigenvalue weighted by Gasteiger charge is 2.46. The maximum atomic E-state index is 13.3. The Balaban J connectivity index is 1.91. The van der Waals surface area contributed by atoms with Gasteiger partial charge in [0, 0.05) is 0 Å². The zero-order valence-electron chi connectivity index (χ0n) is 18.2. The lowest BCUT2D eigenvalue weighted by atomic mass is 10.1. The molecule has 1 unspecified atom stereocenters. The monoisotopic (exact) mass is 439 g/mol. The van der Waals surface area contributed by atoms with Gasteiger partial charge in [-0.1, -0.05) is 36.4 Å². The van der Waals surface area contributed by atoms with Crippen LogP contribution < -0.4 is 15.1 Å². The van der Waals surface area contributed by atoms with E-state index in [1.165, 1.54) is 7.11 Å². The first-order valence-corrected chi connectivity index (χ1v) is 10.2. The standard InChI is InChI=1S/C23H25N3O6/c1-4-32-23(30)24-26(21(28)13-16-8-6-5-7-9-16)18-14-20(27)25(22(18)29)17-12-15(2)10-11-19(17)31-3/h5-12,18H,4,13-14H2,1-3H3,(H,24,30). The highest BCUT2D eigenvalue weighted by Crippen LogP contribution is 2.34. The van der Waals surface area contributed by atoms with Gasteiger partial charge in [-0.25, -0.2) is 20.1 Å². The molecule has 168 valence electrons. The number of nitrogens with zero attached hydrogens (tertiary/aromatic N) is 2. The summed E-state index contributed by atoms with van der Waals surface area (Å²) >= 11 is 0. The quantitative estimate of drug-likeness (QED) is 0.547. The minimum Gasteiger partial charge on any atom is -0.495 e. The Hall–Kier alpha value is -3.88. The topological polar surface area (TPSA) is 105 Å². The van der Waals surface area contributed by atoms with E-state index < -0.39 is 29.9 Å². The molecule has 1 heterocycles. The molecule has 2 aromatic carbocycles. The first kappa shape index (κ1) is 22.8. The number of methoxy groups -OCH3 is 1. The fourth-order valence-corrected chi connectivity index (χ4v) is 3.48. The number of hydrazine groups is 1. The van der Waals surface area contributed by atoms with Gasteiger partial charge in [0.1, 0.15) is 11.8 Å². The fourth-order valence-electron chi connectivity index (χ4n) is 3.48. The van der Waals surface area contributed by atoms with E-state index in [0.717, 1.165) is 15.5 Å². The highest BCUT2D eigenvalue weighted by atomic mass is 16.6. The number of ether oxygens (including phenoxy) is 2. The van der Waals surface area contributed by atoms with Crippen molar-refractivity contribution < 1.29 is 28.7 Å². The summed E-state index contributed by atoms with van der Waals surface area (Å²) in [7, 11) is 1.44. The highest BCUT2D eigenvalue weighted by molar-refractivity contribution is 6.23. The van der Waals surface area contributed by atoms with Crippen molar-refractivity contribution in [1.29, 1.82) is 0 Å². The van der Waals surface area contributed by atoms with Crippen molar-refractivity contribution in [2.24, 2.45) is 0 Å². The normalized spacial score (nSPS) is 15.5. The summed E-state index contributed by atoms with van der Waals surface area (Å²) in [5.74, 6) is -1.35. The number of rotatable bonds is 6. The van der Waals surface area contributed by atoms with Gasteiger partial charge in [-0.2, -0.15) is 0 Å². The average molecular weight is 439 g/mol. The molecule has 2 aromatic rings. The van der Waals surface area contributed by atoms with Crippen LogP contribution in [0.2, 0.25) is 0 Å². The molecule has 0 aromatic heterocycles. The fraction of sp³-hybridized carbons (Fsp3) is 0.304. The number of hydrogen-bond donors (Lipinski definition) is 1. The number of nitrogens with one attached hydrogen (secondary N) is 1. The average Bonchev–Trinajstić information content (AvgIpc) is 3.06. The maximum absolute atomic E-state index is 13.3. The Morgan fingerprint density at radius 1 is 1.16 bits per heavy atom. The lowest BCUT2D eigenvalue weighted by Crippen LogP contribution is -2.55. The first-order valence-electron chi connectivity index (χ1n) is 10.2. The molecule has 0 aliphatic carbocycles. The van der Waals surface area contributed by atoms with E-state index in [2.05, 4.69) is 5.43 Å². The molecule has 9 nitrogen and oxygen atoms in total. The number of benzene rings is 2. The van der Waals surface area contributed by atoms with Crippen LogP contribution in [0.25, 0.3) is 0 Å². The molecule has 1 atom stereocenters. The van der Waals surface area contributed by atoms with Crippen LogP contribution in [-0.2, 0) is 25.5 Å². The molecule has 1 fully saturated rings. The number of carbonyl (C=O) groups excluding carboxylic acids is 4. The van der Waals surface area contributed by atoms with Crippen LogP contribution >= 0.6 is 0 Å². The van der Waals surface area contributed by atoms with Crippen LogP contribution in [-0.4, -0.2) is 48.6 Å². The van der Waals surface area contributed by atoms with Gasteiger partial charge >= 0.3 is 6.09 Å². The second-order valence-corrected chi connectivity index (χ2v) is 7.22. The van der Waals surface area contributed by atoms with Crippen molar-refractivity contribution in [2.75, 3.05) is 18.6 Å². The van der Waals surface area contributed by atoms with Gasteiger partial charge in [-0.3, -0.25) is 14.4 Å². The van der Waals surface area contributed by atoms with Crippen molar-refractivity contribution >= 4 is 29.5 Å². The van der Waals surface area contributed by atoms with Crippen molar-refractivity contribution in [2.45, 2.75) is 32.7 Å². The Bertz CT molecular complexity index is 1020. The van der Waals surface area contributed by atoms with Crippen molar-refractivity contribution in [3.63, 3.8) is 0 Å². The SMILES string of the molecule is CCOC(=O)NN(C(=O)Cc1ccccc1)C1CC(=O)N(c2cc(C)ccc2OC)C1=O. The Morgan fingerprint density at radius 2 is 1.88 bits per heavy atom. The van der Waals surface area contributed by atoms with Gasteiger partial charge in [-0.05, 0) is 37.1 Å². The minimum atomic E-state index is -1.21. The van der Waals surface area contributed by atoms with Gasteiger partial charge in [0.2, 0.25) is 11.8 Å². The second-order valence-electron chi connectivity index (χ2n) is 7.22. The predicted octanol–water partition coefficient (Wildman–Crippen LogP) is 2.37. The number of aryl methyl sites for hydroxylation is 1. The van der Waals surface area contributed by atoms with E-state index in [4.69, 9.17) is 9.47 Å². The summed E-state index contributed by atoms with van der Waals surface area (Å²) in [5.41, 5.74) is 4.14. The summed E-state index contributed by atoms with van der Waals surface area (Å²) in [6.45, 7) is 3.52. The smallest absolute Gasteiger partial charge is 0.426 e. The first-order chi connectivity index (χ1) is 15.3. The molecule has 4 amide bonds. The van der Waals surface area contributed by atoms with Crippen molar-refractivity contribution in [3.8, 4) is 5.75 Å². The minimum absolute atomic E-state index is 0.0705. The van der Waals surface area contributed by atoms with Gasteiger partial charge in [0.25, 0.3) is 5.91 Å². The van der Waals surface area contributed by atoms with Gasteiger partial charge in [0.05, 0.1) is 32.2 Å². The van der Waals surface area contributed by atoms with E-state index in [-0.39, 0.29) is 25.1 Å². The zero-order valence-corrected chi connectivity index (χ0v) is 18.2. The molecule has 32 heavy (non-hydrogen) atoms. The lowest BCUT2D eigenvalue weighted by Gasteiger charge is -2.27. The Kier molecular flexibility index (Phi) is 7.09. The molecule has 1 N–H and O–H groups in total. The lowest BCUT2D eigenvalue weighted by molar-refractivity contribution is -0.140. The molecule has 0 bridgehead atoms. The predicted molar refractivity (Wildman–Crippen MR) is 116 cm³/mol. The summed E-state index contributed by atoms with van der Waals surface area (Å²) < 4.78 is 10.2. The van der Waals surface area contributed by atoms with Crippen LogP contribution in [0.4, 0.5) is 10.5 Å². The van der Waals surface area contributed by atoms with E-state index in [0.29, 0.717) is 11.3 Å². The summed E-state index contributed by atoms with van der Waals surface area (Å²) in [6, 6.07) is 12.8. The third-order valence-corrected chi connectivity index (χ3v) is 4.96.